The second-order valence-electron chi connectivity index (χ2n) is 4.77. The summed E-state index contributed by atoms with van der Waals surface area (Å²) < 4.78 is 10.7. The van der Waals surface area contributed by atoms with Gasteiger partial charge in [0.25, 0.3) is 0 Å². The predicted molar refractivity (Wildman–Crippen MR) is 82.9 cm³/mol. The first-order valence-electron chi connectivity index (χ1n) is 6.99. The minimum atomic E-state index is -0.591. The zero-order valence-corrected chi connectivity index (χ0v) is 12.1. The molecule has 0 aliphatic rings. The first-order valence-corrected chi connectivity index (χ1v) is 6.99. The molecule has 5 nitrogen and oxygen atoms in total. The Balaban J connectivity index is 1.68. The number of rotatable bonds is 5. The van der Waals surface area contributed by atoms with E-state index in [1.165, 1.54) is 6.07 Å². The Kier molecular flexibility index (Phi) is 4.29. The van der Waals surface area contributed by atoms with Crippen LogP contribution in [0.1, 0.15) is 26.6 Å². The van der Waals surface area contributed by atoms with Crippen molar-refractivity contribution in [2.24, 2.45) is 0 Å². The summed E-state index contributed by atoms with van der Waals surface area (Å²) in [6.45, 7) is -0.0984. The fourth-order valence-electron chi connectivity index (χ4n) is 2.10. The van der Waals surface area contributed by atoms with Gasteiger partial charge in [-0.3, -0.25) is 4.79 Å². The molecule has 23 heavy (non-hydrogen) atoms. The van der Waals surface area contributed by atoms with Gasteiger partial charge in [0.05, 0.1) is 11.8 Å². The number of aromatic nitrogens is 1. The van der Waals surface area contributed by atoms with Crippen LogP contribution >= 0.6 is 0 Å². The van der Waals surface area contributed by atoms with Crippen molar-refractivity contribution in [3.63, 3.8) is 0 Å². The molecule has 1 aromatic heterocycles. The van der Waals surface area contributed by atoms with Gasteiger partial charge in [-0.1, -0.05) is 48.5 Å². The molecule has 3 aromatic rings. The molecule has 0 saturated carbocycles. The zero-order chi connectivity index (χ0) is 16.1. The Morgan fingerprint density at radius 3 is 2.61 bits per heavy atom. The van der Waals surface area contributed by atoms with E-state index in [1.54, 1.807) is 24.4 Å². The zero-order valence-electron chi connectivity index (χ0n) is 12.1. The molecule has 0 amide bonds. The number of carbonyl (C=O) groups excluding carboxylic acids is 2. The molecule has 0 atom stereocenters. The smallest absolute Gasteiger partial charge is 0.339 e. The minimum Gasteiger partial charge on any atom is -0.452 e. The molecule has 0 unspecified atom stereocenters. The third-order valence-electron chi connectivity index (χ3n) is 3.25. The topological polar surface area (TPSA) is 69.4 Å². The van der Waals surface area contributed by atoms with Crippen molar-refractivity contribution >= 4 is 12.3 Å². The summed E-state index contributed by atoms with van der Waals surface area (Å²) in [5.74, 6) is 0.304. The van der Waals surface area contributed by atoms with Crippen LogP contribution < -0.4 is 0 Å². The molecule has 1 heterocycles. The van der Waals surface area contributed by atoms with Gasteiger partial charge in [-0.25, -0.2) is 9.78 Å². The second-order valence-corrected chi connectivity index (χ2v) is 4.77. The standard InChI is InChI=1S/C18H13NO4/c20-11-14-8-4-5-9-15(14)18(21)22-12-17-19-10-16(23-17)13-6-2-1-3-7-13/h1-11H,12H2. The summed E-state index contributed by atoms with van der Waals surface area (Å²) in [7, 11) is 0. The molecule has 0 fully saturated rings. The molecule has 114 valence electrons. The van der Waals surface area contributed by atoms with Crippen LogP contribution in [0.4, 0.5) is 0 Å². The fourth-order valence-corrected chi connectivity index (χ4v) is 2.10. The summed E-state index contributed by atoms with van der Waals surface area (Å²) in [4.78, 5) is 27.0. The number of hydrogen-bond donors (Lipinski definition) is 0. The fraction of sp³-hybridized carbons (Fsp3) is 0.0556. The van der Waals surface area contributed by atoms with Gasteiger partial charge in [0.15, 0.2) is 18.7 Å². The van der Waals surface area contributed by atoms with Crippen LogP contribution in [0.15, 0.2) is 65.2 Å². The monoisotopic (exact) mass is 307 g/mol. The number of aldehydes is 1. The van der Waals surface area contributed by atoms with E-state index >= 15 is 0 Å². The quantitative estimate of drug-likeness (QED) is 0.533. The van der Waals surface area contributed by atoms with Gasteiger partial charge >= 0.3 is 5.97 Å². The maximum absolute atomic E-state index is 12.0. The molecule has 5 heteroatoms. The van der Waals surface area contributed by atoms with Crippen molar-refractivity contribution in [1.29, 1.82) is 0 Å². The van der Waals surface area contributed by atoms with Crippen molar-refractivity contribution in [3.05, 3.63) is 77.8 Å². The number of hydrogen-bond acceptors (Lipinski definition) is 5. The number of benzene rings is 2. The van der Waals surface area contributed by atoms with Crippen LogP contribution in [0.2, 0.25) is 0 Å². The molecule has 0 spiro atoms. The Hall–Kier alpha value is -3.21. The number of esters is 1. The normalized spacial score (nSPS) is 10.3. The van der Waals surface area contributed by atoms with E-state index in [0.717, 1.165) is 5.56 Å². The minimum absolute atomic E-state index is 0.0984. The van der Waals surface area contributed by atoms with Crippen molar-refractivity contribution in [3.8, 4) is 11.3 Å². The van der Waals surface area contributed by atoms with Crippen molar-refractivity contribution in [2.45, 2.75) is 6.61 Å². The van der Waals surface area contributed by atoms with Crippen molar-refractivity contribution in [1.82, 2.24) is 4.98 Å². The molecule has 2 aromatic carbocycles. The van der Waals surface area contributed by atoms with E-state index in [1.807, 2.05) is 30.3 Å². The highest BCUT2D eigenvalue weighted by Gasteiger charge is 2.14. The van der Waals surface area contributed by atoms with E-state index in [4.69, 9.17) is 9.15 Å². The lowest BCUT2D eigenvalue weighted by Crippen LogP contribution is -2.08. The van der Waals surface area contributed by atoms with Gasteiger partial charge in [0.1, 0.15) is 0 Å². The second kappa shape index (κ2) is 6.70. The third-order valence-corrected chi connectivity index (χ3v) is 3.25. The highest BCUT2D eigenvalue weighted by atomic mass is 16.5. The van der Waals surface area contributed by atoms with E-state index < -0.39 is 5.97 Å². The van der Waals surface area contributed by atoms with Gasteiger partial charge in [0, 0.05) is 11.1 Å². The lowest BCUT2D eigenvalue weighted by Gasteiger charge is -2.04. The van der Waals surface area contributed by atoms with Crippen LogP contribution in [0.3, 0.4) is 0 Å². The largest absolute Gasteiger partial charge is 0.452 e. The maximum atomic E-state index is 12.0. The molecular formula is C18H13NO4. The van der Waals surface area contributed by atoms with Crippen LogP contribution in [-0.4, -0.2) is 17.2 Å². The predicted octanol–water partition coefficient (Wildman–Crippen LogP) is 3.51. The molecular weight excluding hydrogens is 294 g/mol. The Morgan fingerprint density at radius 2 is 1.83 bits per heavy atom. The molecule has 0 bridgehead atoms. The van der Waals surface area contributed by atoms with Gasteiger partial charge in [0.2, 0.25) is 5.89 Å². The highest BCUT2D eigenvalue weighted by molar-refractivity contribution is 5.98. The number of oxazole rings is 1. The van der Waals surface area contributed by atoms with Crippen LogP contribution in [0, 0.1) is 0 Å². The average molecular weight is 307 g/mol. The summed E-state index contributed by atoms with van der Waals surface area (Å²) in [5.41, 5.74) is 1.40. The maximum Gasteiger partial charge on any atom is 0.339 e. The SMILES string of the molecule is O=Cc1ccccc1C(=O)OCc1ncc(-c2ccccc2)o1. The molecule has 3 rings (SSSR count). The molecule has 0 aliphatic carbocycles. The van der Waals surface area contributed by atoms with E-state index in [9.17, 15) is 9.59 Å². The molecule has 0 N–H and O–H groups in total. The lowest BCUT2D eigenvalue weighted by molar-refractivity contribution is 0.0437. The lowest BCUT2D eigenvalue weighted by atomic mass is 10.1. The first-order chi connectivity index (χ1) is 11.3. The number of carbonyl (C=O) groups is 2. The Labute approximate surface area is 132 Å². The molecule has 0 aliphatic heterocycles. The molecule has 0 saturated heterocycles. The third kappa shape index (κ3) is 3.35. The van der Waals surface area contributed by atoms with Crippen LogP contribution in [0.5, 0.6) is 0 Å². The first kappa shape index (κ1) is 14.7. The van der Waals surface area contributed by atoms with E-state index in [0.29, 0.717) is 17.9 Å². The van der Waals surface area contributed by atoms with Gasteiger partial charge in [-0.15, -0.1) is 0 Å². The van der Waals surface area contributed by atoms with Gasteiger partial charge < -0.3 is 9.15 Å². The molecule has 0 radical (unpaired) electrons. The Morgan fingerprint density at radius 1 is 1.09 bits per heavy atom. The van der Waals surface area contributed by atoms with E-state index in [-0.39, 0.29) is 17.7 Å². The van der Waals surface area contributed by atoms with Crippen LogP contribution in [0.25, 0.3) is 11.3 Å². The Bertz CT molecular complexity index is 824. The summed E-state index contributed by atoms with van der Waals surface area (Å²) >= 11 is 0. The highest BCUT2D eigenvalue weighted by Crippen LogP contribution is 2.20. The summed E-state index contributed by atoms with van der Waals surface area (Å²) in [5, 5.41) is 0. The summed E-state index contributed by atoms with van der Waals surface area (Å²) in [6.07, 6.45) is 2.20. The number of ether oxygens (including phenoxy) is 1. The summed E-state index contributed by atoms with van der Waals surface area (Å²) in [6, 6.07) is 15.9. The van der Waals surface area contributed by atoms with Gasteiger partial charge in [-0.2, -0.15) is 0 Å². The van der Waals surface area contributed by atoms with Crippen LogP contribution in [-0.2, 0) is 11.3 Å². The van der Waals surface area contributed by atoms with Crippen molar-refractivity contribution in [2.75, 3.05) is 0 Å². The number of nitrogens with zero attached hydrogens (tertiary/aromatic N) is 1. The van der Waals surface area contributed by atoms with Crippen molar-refractivity contribution < 1.29 is 18.7 Å². The van der Waals surface area contributed by atoms with Gasteiger partial charge in [-0.05, 0) is 6.07 Å². The van der Waals surface area contributed by atoms with E-state index in [2.05, 4.69) is 4.98 Å². The average Bonchev–Trinajstić information content (AvgIpc) is 3.09.